The maximum absolute atomic E-state index is 13.8. The first-order valence-electron chi connectivity index (χ1n) is 7.81. The number of ether oxygens (including phenoxy) is 1. The van der Waals surface area contributed by atoms with E-state index in [-0.39, 0.29) is 5.56 Å². The van der Waals surface area contributed by atoms with E-state index in [1.165, 1.54) is 28.0 Å². The Labute approximate surface area is 149 Å². The first kappa shape index (κ1) is 17.2. The molecule has 0 aliphatic carbocycles. The van der Waals surface area contributed by atoms with E-state index in [2.05, 4.69) is 0 Å². The van der Waals surface area contributed by atoms with Gasteiger partial charge in [0.2, 0.25) is 0 Å². The maximum atomic E-state index is 13.8. The van der Waals surface area contributed by atoms with E-state index in [0.717, 1.165) is 0 Å². The number of amides is 2. The molecule has 1 heterocycles. The number of halogens is 2. The van der Waals surface area contributed by atoms with Crippen LogP contribution in [0.2, 0.25) is 5.02 Å². The number of hydrogen-bond acceptors (Lipinski definition) is 3. The fourth-order valence-electron chi connectivity index (χ4n) is 2.58. The SMILES string of the molecule is O=C(Oc1ccccc1)N1CCN(C(=O)c2cc(Cl)ccc2F)CC1. The van der Waals surface area contributed by atoms with Crippen molar-refractivity contribution in [3.8, 4) is 5.75 Å². The molecule has 0 unspecified atom stereocenters. The third kappa shape index (κ3) is 4.09. The molecule has 1 aliphatic rings. The Bertz CT molecular complexity index is 777. The van der Waals surface area contributed by atoms with Gasteiger partial charge in [0.1, 0.15) is 11.6 Å². The van der Waals surface area contributed by atoms with Gasteiger partial charge in [0.15, 0.2) is 0 Å². The molecule has 3 rings (SSSR count). The molecule has 0 N–H and O–H groups in total. The second-order valence-electron chi connectivity index (χ2n) is 5.58. The number of carbonyl (C=O) groups excluding carboxylic acids is 2. The normalized spacial score (nSPS) is 14.3. The van der Waals surface area contributed by atoms with E-state index >= 15 is 0 Å². The van der Waals surface area contributed by atoms with Gasteiger partial charge in [-0.3, -0.25) is 4.79 Å². The summed E-state index contributed by atoms with van der Waals surface area (Å²) >= 11 is 5.83. The van der Waals surface area contributed by atoms with E-state index in [4.69, 9.17) is 16.3 Å². The highest BCUT2D eigenvalue weighted by molar-refractivity contribution is 6.31. The van der Waals surface area contributed by atoms with Gasteiger partial charge in [0.25, 0.3) is 5.91 Å². The predicted molar refractivity (Wildman–Crippen MR) is 91.4 cm³/mol. The van der Waals surface area contributed by atoms with Crippen LogP contribution >= 0.6 is 11.6 Å². The summed E-state index contributed by atoms with van der Waals surface area (Å²) in [5.74, 6) is -0.580. The Balaban J connectivity index is 1.59. The average molecular weight is 363 g/mol. The second kappa shape index (κ2) is 7.53. The average Bonchev–Trinajstić information content (AvgIpc) is 2.64. The molecule has 1 saturated heterocycles. The summed E-state index contributed by atoms with van der Waals surface area (Å²) in [4.78, 5) is 27.6. The Morgan fingerprint density at radius 3 is 2.28 bits per heavy atom. The van der Waals surface area contributed by atoms with Crippen molar-refractivity contribution < 1.29 is 18.7 Å². The molecule has 5 nitrogen and oxygen atoms in total. The van der Waals surface area contributed by atoms with Crippen LogP contribution in [0.15, 0.2) is 48.5 Å². The minimum Gasteiger partial charge on any atom is -0.410 e. The van der Waals surface area contributed by atoms with Gasteiger partial charge in [0.05, 0.1) is 5.56 Å². The van der Waals surface area contributed by atoms with Gasteiger partial charge in [-0.05, 0) is 30.3 Å². The lowest BCUT2D eigenvalue weighted by Gasteiger charge is -2.34. The summed E-state index contributed by atoms with van der Waals surface area (Å²) in [6, 6.07) is 12.6. The minimum atomic E-state index is -0.611. The van der Waals surface area contributed by atoms with Crippen molar-refractivity contribution >= 4 is 23.6 Å². The fraction of sp³-hybridized carbons (Fsp3) is 0.222. The lowest BCUT2D eigenvalue weighted by Crippen LogP contribution is -2.51. The van der Waals surface area contributed by atoms with E-state index in [9.17, 15) is 14.0 Å². The van der Waals surface area contributed by atoms with Crippen LogP contribution in [0.4, 0.5) is 9.18 Å². The molecule has 0 bridgehead atoms. The summed E-state index contributed by atoms with van der Waals surface area (Å²) in [5, 5.41) is 0.301. The van der Waals surface area contributed by atoms with Crippen LogP contribution in [0.1, 0.15) is 10.4 Å². The lowest BCUT2D eigenvalue weighted by molar-refractivity contribution is 0.0629. The van der Waals surface area contributed by atoms with E-state index in [1.807, 2.05) is 6.07 Å². The summed E-state index contributed by atoms with van der Waals surface area (Å²) in [6.45, 7) is 1.24. The fourth-order valence-corrected chi connectivity index (χ4v) is 2.75. The van der Waals surface area contributed by atoms with Crippen LogP contribution in [0.3, 0.4) is 0 Å². The maximum Gasteiger partial charge on any atom is 0.415 e. The summed E-state index contributed by atoms with van der Waals surface area (Å²) < 4.78 is 19.1. The smallest absolute Gasteiger partial charge is 0.410 e. The number of benzene rings is 2. The van der Waals surface area contributed by atoms with Crippen LogP contribution in [0.25, 0.3) is 0 Å². The summed E-state index contributed by atoms with van der Waals surface area (Å²) in [6.07, 6.45) is -0.466. The molecule has 2 amide bonds. The molecule has 0 atom stereocenters. The number of carbonyl (C=O) groups is 2. The molecule has 0 radical (unpaired) electrons. The molecule has 25 heavy (non-hydrogen) atoms. The number of nitrogens with zero attached hydrogens (tertiary/aromatic N) is 2. The first-order chi connectivity index (χ1) is 12.0. The highest BCUT2D eigenvalue weighted by atomic mass is 35.5. The van der Waals surface area contributed by atoms with Gasteiger partial charge in [-0.25, -0.2) is 9.18 Å². The molecule has 0 aromatic heterocycles. The molecule has 2 aromatic carbocycles. The molecule has 130 valence electrons. The molecular formula is C18H16ClFN2O3. The van der Waals surface area contributed by atoms with Crippen LogP contribution in [-0.2, 0) is 0 Å². The highest BCUT2D eigenvalue weighted by Crippen LogP contribution is 2.18. The van der Waals surface area contributed by atoms with Gasteiger partial charge < -0.3 is 14.5 Å². The van der Waals surface area contributed by atoms with Crippen molar-refractivity contribution in [3.05, 3.63) is 64.9 Å². The largest absolute Gasteiger partial charge is 0.415 e. The summed E-state index contributed by atoms with van der Waals surface area (Å²) in [5.41, 5.74) is -0.0622. The van der Waals surface area contributed by atoms with Crippen molar-refractivity contribution in [3.63, 3.8) is 0 Å². The molecule has 2 aromatic rings. The molecule has 1 aliphatic heterocycles. The quantitative estimate of drug-likeness (QED) is 0.822. The Kier molecular flexibility index (Phi) is 5.19. The number of rotatable bonds is 2. The molecular weight excluding hydrogens is 347 g/mol. The summed E-state index contributed by atoms with van der Waals surface area (Å²) in [7, 11) is 0. The molecule has 0 spiro atoms. The number of piperazine rings is 1. The number of hydrogen-bond donors (Lipinski definition) is 0. The molecule has 7 heteroatoms. The van der Waals surface area contributed by atoms with Crippen LogP contribution in [0, 0.1) is 5.82 Å². The minimum absolute atomic E-state index is 0.0622. The Morgan fingerprint density at radius 1 is 0.960 bits per heavy atom. The zero-order valence-electron chi connectivity index (χ0n) is 13.3. The van der Waals surface area contributed by atoms with Gasteiger partial charge in [-0.2, -0.15) is 0 Å². The monoisotopic (exact) mass is 362 g/mol. The first-order valence-corrected chi connectivity index (χ1v) is 8.18. The van der Waals surface area contributed by atoms with Crippen LogP contribution < -0.4 is 4.74 Å². The third-order valence-corrected chi connectivity index (χ3v) is 4.17. The molecule has 0 saturated carbocycles. The lowest BCUT2D eigenvalue weighted by atomic mass is 10.1. The van der Waals surface area contributed by atoms with Crippen LogP contribution in [0.5, 0.6) is 5.75 Å². The Hall–Kier alpha value is -2.60. The third-order valence-electron chi connectivity index (χ3n) is 3.93. The van der Waals surface area contributed by atoms with Gasteiger partial charge in [-0.15, -0.1) is 0 Å². The van der Waals surface area contributed by atoms with Gasteiger partial charge in [-0.1, -0.05) is 29.8 Å². The zero-order chi connectivity index (χ0) is 17.8. The van der Waals surface area contributed by atoms with E-state index in [0.29, 0.717) is 37.0 Å². The zero-order valence-corrected chi connectivity index (χ0v) is 14.1. The Morgan fingerprint density at radius 2 is 1.60 bits per heavy atom. The van der Waals surface area contributed by atoms with Crippen molar-refractivity contribution in [1.82, 2.24) is 9.80 Å². The van der Waals surface area contributed by atoms with Crippen molar-refractivity contribution in [2.75, 3.05) is 26.2 Å². The van der Waals surface area contributed by atoms with E-state index in [1.54, 1.807) is 24.3 Å². The standard InChI is InChI=1S/C18H16ClFN2O3/c19-13-6-7-16(20)15(12-13)17(23)21-8-10-22(11-9-21)18(24)25-14-4-2-1-3-5-14/h1-7,12H,8-11H2. The number of para-hydroxylation sites is 1. The molecule has 1 fully saturated rings. The predicted octanol–water partition coefficient (Wildman–Crippen LogP) is 3.44. The van der Waals surface area contributed by atoms with Gasteiger partial charge >= 0.3 is 6.09 Å². The highest BCUT2D eigenvalue weighted by Gasteiger charge is 2.27. The van der Waals surface area contributed by atoms with Crippen LogP contribution in [-0.4, -0.2) is 48.0 Å². The van der Waals surface area contributed by atoms with Crippen molar-refractivity contribution in [2.24, 2.45) is 0 Å². The van der Waals surface area contributed by atoms with Crippen molar-refractivity contribution in [2.45, 2.75) is 0 Å². The second-order valence-corrected chi connectivity index (χ2v) is 6.02. The van der Waals surface area contributed by atoms with Gasteiger partial charge in [0, 0.05) is 31.2 Å². The van der Waals surface area contributed by atoms with Crippen molar-refractivity contribution in [1.29, 1.82) is 0 Å². The topological polar surface area (TPSA) is 49.9 Å². The van der Waals surface area contributed by atoms with E-state index < -0.39 is 17.8 Å².